The maximum Gasteiger partial charge on any atom is 0.417 e. The zero-order valence-electron chi connectivity index (χ0n) is 12.6. The molecule has 2 aromatic rings. The van der Waals surface area contributed by atoms with Gasteiger partial charge in [0.15, 0.2) is 0 Å². The van der Waals surface area contributed by atoms with Crippen LogP contribution < -0.4 is 0 Å². The van der Waals surface area contributed by atoms with Crippen molar-refractivity contribution in [2.45, 2.75) is 31.7 Å². The molecule has 24 heavy (non-hydrogen) atoms. The highest BCUT2D eigenvalue weighted by molar-refractivity contribution is 5.90. The lowest BCUT2D eigenvalue weighted by Gasteiger charge is -2.22. The second-order valence-electron chi connectivity index (χ2n) is 5.59. The smallest absolute Gasteiger partial charge is 0.417 e. The van der Waals surface area contributed by atoms with Gasteiger partial charge in [-0.3, -0.25) is 0 Å². The second-order valence-corrected chi connectivity index (χ2v) is 5.59. The average Bonchev–Trinajstić information content (AvgIpc) is 3.04. The van der Waals surface area contributed by atoms with Crippen LogP contribution in [-0.2, 0) is 10.9 Å². The van der Waals surface area contributed by atoms with Crippen molar-refractivity contribution in [2.24, 2.45) is 0 Å². The average molecular weight is 340 g/mol. The Balaban J connectivity index is 2.02. The van der Waals surface area contributed by atoms with Gasteiger partial charge in [0.05, 0.1) is 17.3 Å². The summed E-state index contributed by atoms with van der Waals surface area (Å²) in [4.78, 5) is 11.1. The van der Waals surface area contributed by atoms with E-state index in [-0.39, 0.29) is 22.9 Å². The minimum atomic E-state index is -4.59. The standard InChI is InChI=1S/C16H15F3N2O3/c17-16(18,19)13-5-4-10(15(22)23)7-12(13)11-8-20-21(9-11)14-3-1-2-6-24-14/h4-5,7-9,14H,1-3,6H2,(H,22,23). The summed E-state index contributed by atoms with van der Waals surface area (Å²) in [5, 5.41) is 13.1. The summed E-state index contributed by atoms with van der Waals surface area (Å²) in [5.74, 6) is -1.28. The summed E-state index contributed by atoms with van der Waals surface area (Å²) in [6, 6.07) is 2.75. The van der Waals surface area contributed by atoms with Crippen molar-refractivity contribution >= 4 is 5.97 Å². The Labute approximate surface area is 135 Å². The van der Waals surface area contributed by atoms with E-state index in [2.05, 4.69) is 5.10 Å². The minimum Gasteiger partial charge on any atom is -0.478 e. The number of aromatic nitrogens is 2. The molecule has 0 saturated carbocycles. The number of nitrogens with zero attached hydrogens (tertiary/aromatic N) is 2. The van der Waals surface area contributed by atoms with Crippen molar-refractivity contribution in [3.05, 3.63) is 41.7 Å². The molecule has 0 spiro atoms. The monoisotopic (exact) mass is 340 g/mol. The summed E-state index contributed by atoms with van der Waals surface area (Å²) in [5.41, 5.74) is -1.10. The molecule has 1 unspecified atom stereocenters. The Bertz CT molecular complexity index is 749. The molecule has 128 valence electrons. The van der Waals surface area contributed by atoms with Crippen LogP contribution in [-0.4, -0.2) is 27.5 Å². The molecule has 1 saturated heterocycles. The first-order valence-corrected chi connectivity index (χ1v) is 7.47. The van der Waals surface area contributed by atoms with E-state index in [4.69, 9.17) is 9.84 Å². The summed E-state index contributed by atoms with van der Waals surface area (Å²) in [6.45, 7) is 0.585. The van der Waals surface area contributed by atoms with Gasteiger partial charge in [-0.25, -0.2) is 9.48 Å². The van der Waals surface area contributed by atoms with Gasteiger partial charge in [0.2, 0.25) is 0 Å². The first kappa shape index (κ1) is 16.5. The largest absolute Gasteiger partial charge is 0.478 e. The molecule has 1 aliphatic heterocycles. The SMILES string of the molecule is O=C(O)c1ccc(C(F)(F)F)c(-c2cnn(C3CCCCO3)c2)c1. The molecule has 0 amide bonds. The molecule has 1 fully saturated rings. The molecule has 1 atom stereocenters. The van der Waals surface area contributed by atoms with E-state index in [0.717, 1.165) is 37.5 Å². The number of ether oxygens (including phenoxy) is 1. The number of benzene rings is 1. The van der Waals surface area contributed by atoms with Crippen LogP contribution in [0.5, 0.6) is 0 Å². The van der Waals surface area contributed by atoms with Crippen molar-refractivity contribution in [2.75, 3.05) is 6.61 Å². The Morgan fingerprint density at radius 1 is 1.33 bits per heavy atom. The maximum atomic E-state index is 13.2. The van der Waals surface area contributed by atoms with Crippen LogP contribution in [0.25, 0.3) is 11.1 Å². The van der Waals surface area contributed by atoms with Crippen molar-refractivity contribution in [3.63, 3.8) is 0 Å². The van der Waals surface area contributed by atoms with Crippen LogP contribution >= 0.6 is 0 Å². The Morgan fingerprint density at radius 3 is 2.75 bits per heavy atom. The fraction of sp³-hybridized carbons (Fsp3) is 0.375. The third-order valence-corrected chi connectivity index (χ3v) is 3.94. The van der Waals surface area contributed by atoms with Gasteiger partial charge in [-0.1, -0.05) is 0 Å². The molecule has 1 aliphatic rings. The van der Waals surface area contributed by atoms with Gasteiger partial charge in [-0.15, -0.1) is 0 Å². The quantitative estimate of drug-likeness (QED) is 0.918. The zero-order chi connectivity index (χ0) is 17.3. The molecule has 1 aromatic carbocycles. The molecule has 5 nitrogen and oxygen atoms in total. The van der Waals surface area contributed by atoms with E-state index >= 15 is 0 Å². The van der Waals surface area contributed by atoms with Gasteiger partial charge in [0, 0.05) is 18.4 Å². The predicted molar refractivity (Wildman–Crippen MR) is 78.5 cm³/mol. The van der Waals surface area contributed by atoms with E-state index < -0.39 is 17.7 Å². The van der Waals surface area contributed by atoms with Gasteiger partial charge >= 0.3 is 12.1 Å². The number of halogens is 3. The Morgan fingerprint density at radius 2 is 2.12 bits per heavy atom. The lowest BCUT2D eigenvalue weighted by atomic mass is 9.99. The number of carbonyl (C=O) groups is 1. The number of hydrogen-bond donors (Lipinski definition) is 1. The highest BCUT2D eigenvalue weighted by atomic mass is 19.4. The van der Waals surface area contributed by atoms with E-state index in [9.17, 15) is 18.0 Å². The fourth-order valence-electron chi connectivity index (χ4n) is 2.73. The minimum absolute atomic E-state index is 0.204. The van der Waals surface area contributed by atoms with Crippen LogP contribution in [0.4, 0.5) is 13.2 Å². The Hall–Kier alpha value is -2.35. The Kier molecular flexibility index (Phi) is 4.31. The number of carboxylic acids is 1. The molecular formula is C16H15F3N2O3. The van der Waals surface area contributed by atoms with Crippen LogP contribution in [0, 0.1) is 0 Å². The normalized spacial score (nSPS) is 18.5. The van der Waals surface area contributed by atoms with Crippen molar-refractivity contribution in [1.29, 1.82) is 0 Å². The summed E-state index contributed by atoms with van der Waals surface area (Å²) >= 11 is 0. The van der Waals surface area contributed by atoms with E-state index in [0.29, 0.717) is 6.61 Å². The molecule has 3 rings (SSSR count). The molecule has 0 bridgehead atoms. The van der Waals surface area contributed by atoms with Crippen LogP contribution in [0.3, 0.4) is 0 Å². The summed E-state index contributed by atoms with van der Waals surface area (Å²) in [6.07, 6.45) is 0.522. The number of aromatic carboxylic acids is 1. The van der Waals surface area contributed by atoms with Gasteiger partial charge in [-0.2, -0.15) is 18.3 Å². The summed E-state index contributed by atoms with van der Waals surface area (Å²) in [7, 11) is 0. The van der Waals surface area contributed by atoms with Crippen LogP contribution in [0.1, 0.15) is 41.4 Å². The van der Waals surface area contributed by atoms with Gasteiger partial charge in [-0.05, 0) is 43.0 Å². The number of hydrogen-bond acceptors (Lipinski definition) is 3. The van der Waals surface area contributed by atoms with Crippen molar-refractivity contribution < 1.29 is 27.8 Å². The zero-order valence-corrected chi connectivity index (χ0v) is 12.6. The third kappa shape index (κ3) is 3.28. The van der Waals surface area contributed by atoms with Crippen LogP contribution in [0.15, 0.2) is 30.6 Å². The summed E-state index contributed by atoms with van der Waals surface area (Å²) < 4.78 is 46.7. The molecule has 1 aromatic heterocycles. The van der Waals surface area contributed by atoms with E-state index in [1.807, 2.05) is 0 Å². The lowest BCUT2D eigenvalue weighted by molar-refractivity contribution is -0.137. The van der Waals surface area contributed by atoms with Crippen LogP contribution in [0.2, 0.25) is 0 Å². The predicted octanol–water partition coefficient (Wildman–Crippen LogP) is 3.97. The van der Waals surface area contributed by atoms with E-state index in [1.165, 1.54) is 17.1 Å². The highest BCUT2D eigenvalue weighted by Crippen LogP contribution is 2.38. The number of alkyl halides is 3. The molecule has 0 radical (unpaired) electrons. The van der Waals surface area contributed by atoms with Crippen molar-refractivity contribution in [1.82, 2.24) is 9.78 Å². The third-order valence-electron chi connectivity index (χ3n) is 3.94. The topological polar surface area (TPSA) is 64.3 Å². The maximum absolute atomic E-state index is 13.2. The van der Waals surface area contributed by atoms with Crippen molar-refractivity contribution in [3.8, 4) is 11.1 Å². The first-order chi connectivity index (χ1) is 11.4. The molecular weight excluding hydrogens is 325 g/mol. The van der Waals surface area contributed by atoms with Gasteiger partial charge in [0.25, 0.3) is 0 Å². The molecule has 1 N–H and O–H groups in total. The first-order valence-electron chi connectivity index (χ1n) is 7.47. The van der Waals surface area contributed by atoms with Gasteiger partial charge < -0.3 is 9.84 Å². The second kappa shape index (κ2) is 6.27. The molecule has 0 aliphatic carbocycles. The van der Waals surface area contributed by atoms with E-state index in [1.54, 1.807) is 0 Å². The van der Waals surface area contributed by atoms with Gasteiger partial charge in [0.1, 0.15) is 6.23 Å². The molecule has 8 heteroatoms. The fourth-order valence-corrected chi connectivity index (χ4v) is 2.73. The lowest BCUT2D eigenvalue weighted by Crippen LogP contribution is -2.18. The number of carboxylic acid groups (broad SMARTS) is 1. The number of rotatable bonds is 3. The highest BCUT2D eigenvalue weighted by Gasteiger charge is 2.34. The molecule has 2 heterocycles.